The molecule has 0 unspecified atom stereocenters. The molecule has 3 aromatic rings. The third kappa shape index (κ3) is 17.3. The highest BCUT2D eigenvalue weighted by Crippen LogP contribution is 2.26. The summed E-state index contributed by atoms with van der Waals surface area (Å²) >= 11 is 0. The number of hydrogen-bond donors (Lipinski definition) is 8. The zero-order valence-corrected chi connectivity index (χ0v) is 31.7. The fourth-order valence-corrected chi connectivity index (χ4v) is 4.73. The Kier molecular flexibility index (Phi) is 16.5. The van der Waals surface area contributed by atoms with Crippen LogP contribution in [0.4, 0.5) is 10.5 Å². The van der Waals surface area contributed by atoms with Gasteiger partial charge in [0.25, 0.3) is 5.56 Å². The van der Waals surface area contributed by atoms with E-state index in [1.165, 1.54) is 0 Å². The number of aliphatic imine (C=N–C) groups is 1. The number of H-pyrrole nitrogens is 1. The molecule has 1 heterocycles. The lowest BCUT2D eigenvalue weighted by atomic mass is 9.95. The van der Waals surface area contributed by atoms with Gasteiger partial charge in [0.15, 0.2) is 5.96 Å². The largest absolute Gasteiger partial charge is 0.491 e. The van der Waals surface area contributed by atoms with Crippen LogP contribution in [0.2, 0.25) is 0 Å². The Balaban J connectivity index is 0.000000354. The number of carbonyl (C=O) groups excluding carboxylic acids is 1. The molecule has 282 valence electrons. The topological polar surface area (TPSA) is 245 Å². The molecule has 51 heavy (non-hydrogen) atoms. The Hall–Kier alpha value is -4.51. The van der Waals surface area contributed by atoms with Crippen LogP contribution in [0, 0.1) is 0 Å². The van der Waals surface area contributed by atoms with Crippen molar-refractivity contribution in [3.63, 3.8) is 0 Å². The highest BCUT2D eigenvalue weighted by molar-refractivity contribution is 7.88. The average molecular weight is 729 g/mol. The number of rotatable bonds is 15. The van der Waals surface area contributed by atoms with E-state index >= 15 is 0 Å². The van der Waals surface area contributed by atoms with Gasteiger partial charge in [0.1, 0.15) is 11.6 Å². The number of aromatic amines is 1. The van der Waals surface area contributed by atoms with Crippen LogP contribution < -0.4 is 48.2 Å². The lowest BCUT2D eigenvalue weighted by Gasteiger charge is -2.21. The van der Waals surface area contributed by atoms with Crippen molar-refractivity contribution in [2.24, 2.45) is 22.2 Å². The maximum absolute atomic E-state index is 12.4. The second kappa shape index (κ2) is 19.8. The minimum Gasteiger partial charge on any atom is -0.491 e. The van der Waals surface area contributed by atoms with Gasteiger partial charge >= 0.3 is 6.03 Å². The lowest BCUT2D eigenvalue weighted by molar-refractivity contribution is 0.243. The van der Waals surface area contributed by atoms with Gasteiger partial charge in [-0.15, -0.1) is 0 Å². The average Bonchev–Trinajstić information content (AvgIpc) is 3.01. The molecule has 0 aliphatic heterocycles. The molecular weight excluding hydrogens is 673 g/mol. The monoisotopic (exact) mass is 728 g/mol. The maximum Gasteiger partial charge on any atom is 0.319 e. The summed E-state index contributed by atoms with van der Waals surface area (Å²) < 4.78 is 30.6. The molecule has 0 aliphatic rings. The Morgan fingerprint density at radius 2 is 1.65 bits per heavy atom. The molecule has 16 heteroatoms. The van der Waals surface area contributed by atoms with Crippen molar-refractivity contribution < 1.29 is 17.9 Å². The van der Waals surface area contributed by atoms with Crippen molar-refractivity contribution in [1.82, 2.24) is 25.3 Å². The SMILES string of the molecule is CC(C)(C)NC(=O)Nc1ccc(CNS(C)(=O)=O)cc1OCCCN.CC(C)(C)c1ncc(-c2ccc(CNCCCN=C(N)N)cc2)c(=O)[nH]1. The smallest absolute Gasteiger partial charge is 0.319 e. The summed E-state index contributed by atoms with van der Waals surface area (Å²) in [4.78, 5) is 35.6. The summed E-state index contributed by atoms with van der Waals surface area (Å²) in [5.74, 6) is 1.28. The molecule has 0 saturated carbocycles. The second-order valence-electron chi connectivity index (χ2n) is 14.0. The van der Waals surface area contributed by atoms with Crippen molar-refractivity contribution >= 4 is 27.7 Å². The number of nitrogens with two attached hydrogens (primary N) is 3. The van der Waals surface area contributed by atoms with E-state index in [1.54, 1.807) is 24.4 Å². The quantitative estimate of drug-likeness (QED) is 0.0646. The van der Waals surface area contributed by atoms with Crippen molar-refractivity contribution in [1.29, 1.82) is 0 Å². The van der Waals surface area contributed by atoms with E-state index in [1.807, 2.05) is 65.8 Å². The van der Waals surface area contributed by atoms with E-state index in [-0.39, 0.29) is 35.0 Å². The van der Waals surface area contributed by atoms with E-state index in [0.29, 0.717) is 48.9 Å². The van der Waals surface area contributed by atoms with Crippen LogP contribution in [0.15, 0.2) is 58.4 Å². The van der Waals surface area contributed by atoms with Gasteiger partial charge in [0.05, 0.1) is 24.1 Å². The van der Waals surface area contributed by atoms with Gasteiger partial charge in [-0.1, -0.05) is 51.1 Å². The zero-order valence-electron chi connectivity index (χ0n) is 30.9. The molecule has 0 radical (unpaired) electrons. The Labute approximate surface area is 301 Å². The molecule has 0 fully saturated rings. The van der Waals surface area contributed by atoms with Gasteiger partial charge in [-0.3, -0.25) is 9.79 Å². The minimum atomic E-state index is -3.29. The van der Waals surface area contributed by atoms with Gasteiger partial charge in [-0.05, 0) is 75.5 Å². The molecule has 0 bridgehead atoms. The van der Waals surface area contributed by atoms with Crippen molar-refractivity contribution in [2.75, 3.05) is 37.8 Å². The Morgan fingerprint density at radius 3 is 2.22 bits per heavy atom. The predicted octanol–water partition coefficient (Wildman–Crippen LogP) is 2.87. The number of carbonyl (C=O) groups is 1. The number of sulfonamides is 1. The molecule has 0 saturated heterocycles. The Morgan fingerprint density at radius 1 is 0.980 bits per heavy atom. The molecule has 3 rings (SSSR count). The van der Waals surface area contributed by atoms with Crippen LogP contribution in [-0.2, 0) is 28.5 Å². The van der Waals surface area contributed by atoms with Gasteiger partial charge in [0, 0.05) is 36.8 Å². The summed E-state index contributed by atoms with van der Waals surface area (Å²) in [6.07, 6.45) is 4.28. The van der Waals surface area contributed by atoms with Gasteiger partial charge in [0.2, 0.25) is 10.0 Å². The highest BCUT2D eigenvalue weighted by atomic mass is 32.2. The second-order valence-corrected chi connectivity index (χ2v) is 15.8. The fraction of sp³-hybridized carbons (Fsp3) is 0.486. The first-order valence-electron chi connectivity index (χ1n) is 16.7. The summed E-state index contributed by atoms with van der Waals surface area (Å²) in [6.45, 7) is 14.9. The van der Waals surface area contributed by atoms with Gasteiger partial charge in [-0.25, -0.2) is 22.9 Å². The van der Waals surface area contributed by atoms with Crippen molar-refractivity contribution in [2.45, 2.75) is 78.4 Å². The number of aromatic nitrogens is 2. The van der Waals surface area contributed by atoms with Crippen molar-refractivity contribution in [3.05, 3.63) is 76.0 Å². The molecule has 2 amide bonds. The normalized spacial score (nSPS) is 11.6. The molecule has 11 N–H and O–H groups in total. The molecule has 0 spiro atoms. The number of ether oxygens (including phenoxy) is 1. The number of urea groups is 1. The summed E-state index contributed by atoms with van der Waals surface area (Å²) in [5.41, 5.74) is 19.2. The molecule has 1 aromatic heterocycles. The van der Waals surface area contributed by atoms with Crippen LogP contribution in [0.1, 0.15) is 71.3 Å². The summed E-state index contributed by atoms with van der Waals surface area (Å²) in [7, 11) is -3.29. The van der Waals surface area contributed by atoms with Crippen LogP contribution in [0.3, 0.4) is 0 Å². The lowest BCUT2D eigenvalue weighted by Crippen LogP contribution is -2.43. The summed E-state index contributed by atoms with van der Waals surface area (Å²) in [6, 6.07) is 12.7. The fourth-order valence-electron chi connectivity index (χ4n) is 4.30. The first-order valence-corrected chi connectivity index (χ1v) is 18.6. The van der Waals surface area contributed by atoms with E-state index in [2.05, 4.69) is 35.6 Å². The van der Waals surface area contributed by atoms with Crippen molar-refractivity contribution in [3.8, 4) is 16.9 Å². The maximum atomic E-state index is 12.4. The molecular formula is C35H56N10O5S. The third-order valence-corrected chi connectivity index (χ3v) is 7.51. The van der Waals surface area contributed by atoms with Gasteiger partial charge in [-0.2, -0.15) is 0 Å². The van der Waals surface area contributed by atoms with Crippen LogP contribution in [0.5, 0.6) is 5.75 Å². The summed E-state index contributed by atoms with van der Waals surface area (Å²) in [5, 5.41) is 8.89. The van der Waals surface area contributed by atoms with Crippen LogP contribution in [-0.4, -0.2) is 68.4 Å². The predicted molar refractivity (Wildman–Crippen MR) is 205 cm³/mol. The first-order chi connectivity index (χ1) is 23.8. The third-order valence-electron chi connectivity index (χ3n) is 6.84. The van der Waals surface area contributed by atoms with E-state index < -0.39 is 10.0 Å². The van der Waals surface area contributed by atoms with E-state index in [0.717, 1.165) is 42.5 Å². The number of anilines is 1. The standard InChI is InChI=1S/C19H28N6O.C16H28N4O4S/c1-19(2,3)17-24-12-15(16(26)25-17)14-7-5-13(6-8-14)11-22-9-4-10-23-18(20)21;1-16(2,3)20-15(21)19-13-7-6-12(11-18-25(4,22)23)10-14(13)24-9-5-8-17/h5-8,12,22H,4,9-11H2,1-3H3,(H4,20,21,23)(H,24,25,26);6-7,10,18H,5,8-9,11,17H2,1-4H3,(H2,19,20,21). The van der Waals surface area contributed by atoms with E-state index in [4.69, 9.17) is 21.9 Å². The van der Waals surface area contributed by atoms with Crippen LogP contribution >= 0.6 is 0 Å². The number of benzene rings is 2. The Bertz CT molecular complexity index is 1740. The molecule has 0 atom stereocenters. The number of nitrogens with one attached hydrogen (secondary N) is 5. The molecule has 2 aromatic carbocycles. The molecule has 15 nitrogen and oxygen atoms in total. The number of nitrogens with zero attached hydrogens (tertiary/aromatic N) is 2. The zero-order chi connectivity index (χ0) is 38.2. The number of hydrogen-bond acceptors (Lipinski definition) is 9. The highest BCUT2D eigenvalue weighted by Gasteiger charge is 2.18. The number of amides is 2. The minimum absolute atomic E-state index is 0.115. The van der Waals surface area contributed by atoms with Gasteiger partial charge < -0.3 is 42.9 Å². The first kappa shape index (κ1) is 42.7. The van der Waals surface area contributed by atoms with E-state index in [9.17, 15) is 18.0 Å². The van der Waals surface area contributed by atoms with Crippen LogP contribution in [0.25, 0.3) is 11.1 Å². The molecule has 0 aliphatic carbocycles. The number of guanidine groups is 1.